The number of amides is 2. The van der Waals surface area contributed by atoms with Gasteiger partial charge in [0, 0.05) is 29.9 Å². The number of rotatable bonds is 7. The molecular formula is C35H33N3O6S2. The Balaban J connectivity index is 1.31. The third-order valence-electron chi connectivity index (χ3n) is 9.03. The lowest BCUT2D eigenvalue weighted by atomic mass is 9.96. The van der Waals surface area contributed by atoms with E-state index in [1.54, 1.807) is 13.8 Å². The van der Waals surface area contributed by atoms with Crippen LogP contribution in [0.4, 0.5) is 16.2 Å². The monoisotopic (exact) mass is 655 g/mol. The van der Waals surface area contributed by atoms with E-state index in [0.29, 0.717) is 16.5 Å². The van der Waals surface area contributed by atoms with E-state index in [9.17, 15) is 24.3 Å². The number of aliphatic hydroxyl groups is 1. The molecule has 0 spiro atoms. The summed E-state index contributed by atoms with van der Waals surface area (Å²) < 4.78 is 7.03. The van der Waals surface area contributed by atoms with Crippen LogP contribution in [0.2, 0.25) is 0 Å². The van der Waals surface area contributed by atoms with E-state index in [-0.39, 0.29) is 35.9 Å². The van der Waals surface area contributed by atoms with Crippen molar-refractivity contribution in [3.05, 3.63) is 90.8 Å². The van der Waals surface area contributed by atoms with E-state index < -0.39 is 22.7 Å². The number of fused-ring (bicyclic) bond motifs is 4. The number of nitrogens with zero attached hydrogens (tertiary/aromatic N) is 3. The zero-order valence-electron chi connectivity index (χ0n) is 25.5. The van der Waals surface area contributed by atoms with E-state index >= 15 is 0 Å². The molecule has 2 aliphatic heterocycles. The van der Waals surface area contributed by atoms with Gasteiger partial charge in [0.15, 0.2) is 0 Å². The Kier molecular flexibility index (Phi) is 8.08. The molecule has 1 saturated heterocycles. The van der Waals surface area contributed by atoms with Crippen LogP contribution in [0.1, 0.15) is 55.7 Å². The predicted octanol–water partition coefficient (Wildman–Crippen LogP) is 4.56. The first-order valence-electron chi connectivity index (χ1n) is 15.5. The molecule has 1 aromatic heterocycles. The second-order valence-corrected chi connectivity index (χ2v) is 13.7. The van der Waals surface area contributed by atoms with Gasteiger partial charge in [-0.25, -0.2) is 0 Å². The van der Waals surface area contributed by atoms with Crippen molar-refractivity contribution in [2.75, 3.05) is 18.1 Å². The Labute approximate surface area is 273 Å². The number of hydrogen-bond acceptors (Lipinski definition) is 9. The van der Waals surface area contributed by atoms with E-state index in [2.05, 4.69) is 41.3 Å². The zero-order chi connectivity index (χ0) is 32.1. The van der Waals surface area contributed by atoms with Gasteiger partial charge in [0.2, 0.25) is 0 Å². The maximum absolute atomic E-state index is 13.7. The molecule has 9 nitrogen and oxygen atoms in total. The Hall–Kier alpha value is -4.19. The van der Waals surface area contributed by atoms with Gasteiger partial charge >= 0.3 is 5.97 Å². The van der Waals surface area contributed by atoms with Crippen molar-refractivity contribution in [1.82, 2.24) is 9.47 Å². The molecule has 3 aromatic carbocycles. The fraction of sp³-hybridized carbons (Fsp3) is 0.314. The van der Waals surface area contributed by atoms with Crippen LogP contribution in [0.15, 0.2) is 59.4 Å². The Morgan fingerprint density at radius 1 is 1.02 bits per heavy atom. The van der Waals surface area contributed by atoms with Gasteiger partial charge < -0.3 is 14.7 Å². The molecule has 3 aliphatic rings. The summed E-state index contributed by atoms with van der Waals surface area (Å²) in [6, 6.07) is 19.1. The van der Waals surface area contributed by atoms with Crippen molar-refractivity contribution in [1.29, 1.82) is 0 Å². The minimum Gasteiger partial charge on any atom is -0.465 e. The smallest absolute Gasteiger partial charge is 0.326 e. The van der Waals surface area contributed by atoms with Crippen LogP contribution in [-0.4, -0.2) is 50.9 Å². The summed E-state index contributed by atoms with van der Waals surface area (Å²) in [7, 11) is 0. The molecule has 11 heteroatoms. The molecule has 2 fully saturated rings. The summed E-state index contributed by atoms with van der Waals surface area (Å²) in [5.74, 6) is -0.683. The minimum absolute atomic E-state index is 0.0138. The number of esters is 1. The van der Waals surface area contributed by atoms with Crippen molar-refractivity contribution >= 4 is 73.3 Å². The van der Waals surface area contributed by atoms with Gasteiger partial charge in [-0.1, -0.05) is 30.7 Å². The lowest BCUT2D eigenvalue weighted by molar-refractivity contribution is -0.143. The van der Waals surface area contributed by atoms with Crippen LogP contribution in [0.5, 0.6) is 0 Å². The Morgan fingerprint density at radius 2 is 1.83 bits per heavy atom. The highest BCUT2D eigenvalue weighted by molar-refractivity contribution is 8.23. The summed E-state index contributed by atoms with van der Waals surface area (Å²) in [6.07, 6.45) is 5.12. The molecule has 2 atom stereocenters. The van der Waals surface area contributed by atoms with E-state index in [1.165, 1.54) is 10.1 Å². The quantitative estimate of drug-likeness (QED) is 0.289. The molecule has 2 unspecified atom stereocenters. The highest BCUT2D eigenvalue weighted by Crippen LogP contribution is 2.52. The predicted molar refractivity (Wildman–Crippen MR) is 181 cm³/mol. The van der Waals surface area contributed by atoms with Crippen LogP contribution in [0.3, 0.4) is 0 Å². The topological polar surface area (TPSA) is 109 Å². The van der Waals surface area contributed by atoms with E-state index in [1.807, 2.05) is 24.3 Å². The molecule has 4 aromatic rings. The number of thioether (sulfide) groups is 1. The minimum atomic E-state index is -0.586. The molecule has 1 N–H and O–H groups in total. The van der Waals surface area contributed by atoms with Crippen LogP contribution >= 0.6 is 23.1 Å². The maximum atomic E-state index is 13.7. The first-order chi connectivity index (χ1) is 22.3. The van der Waals surface area contributed by atoms with Crippen molar-refractivity contribution in [2.24, 2.45) is 0 Å². The molecule has 2 amide bonds. The van der Waals surface area contributed by atoms with Gasteiger partial charge in [-0.3, -0.25) is 28.6 Å². The lowest BCUT2D eigenvalue weighted by Crippen LogP contribution is -2.36. The Morgan fingerprint density at radius 3 is 2.59 bits per heavy atom. The number of aliphatic hydroxyl groups excluding tert-OH is 1. The molecule has 0 radical (unpaired) electrons. The number of ether oxygens (including phenoxy) is 1. The van der Waals surface area contributed by atoms with Crippen LogP contribution in [0.25, 0.3) is 21.8 Å². The molecule has 0 bridgehead atoms. The number of imide groups is 1. The summed E-state index contributed by atoms with van der Waals surface area (Å²) in [5, 5.41) is 11.4. The van der Waals surface area contributed by atoms with Gasteiger partial charge in [0.05, 0.1) is 17.7 Å². The molecule has 236 valence electrons. The van der Waals surface area contributed by atoms with Gasteiger partial charge in [0.1, 0.15) is 16.1 Å². The number of hydrogen-bond donors (Lipinski definition) is 1. The second-order valence-electron chi connectivity index (χ2n) is 11.7. The second kappa shape index (κ2) is 12.2. The van der Waals surface area contributed by atoms with Gasteiger partial charge in [-0.15, -0.1) is 11.3 Å². The van der Waals surface area contributed by atoms with Crippen molar-refractivity contribution in [3.8, 4) is 0 Å². The van der Waals surface area contributed by atoms with E-state index in [0.717, 1.165) is 80.5 Å². The summed E-state index contributed by atoms with van der Waals surface area (Å²) in [5.41, 5.74) is 4.88. The maximum Gasteiger partial charge on any atom is 0.326 e. The molecule has 7 rings (SSSR count). The van der Waals surface area contributed by atoms with Crippen LogP contribution in [-0.2, 0) is 27.5 Å². The number of carbonyl (C=O) groups excluding carboxylic acids is 3. The molecular weight excluding hydrogens is 623 g/mol. The number of carbonyl (C=O) groups is 3. The lowest BCUT2D eigenvalue weighted by Gasteiger charge is -2.27. The third-order valence-corrected chi connectivity index (χ3v) is 11.3. The Bertz CT molecular complexity index is 2100. The first-order valence-corrected chi connectivity index (χ1v) is 17.2. The largest absolute Gasteiger partial charge is 0.465 e. The first kappa shape index (κ1) is 30.5. The van der Waals surface area contributed by atoms with Crippen molar-refractivity contribution in [2.45, 2.75) is 58.2 Å². The van der Waals surface area contributed by atoms with Crippen LogP contribution in [0, 0.1) is 0 Å². The summed E-state index contributed by atoms with van der Waals surface area (Å²) >= 11 is 1.91. The summed E-state index contributed by atoms with van der Waals surface area (Å²) in [4.78, 5) is 55.5. The van der Waals surface area contributed by atoms with E-state index in [4.69, 9.17) is 4.74 Å². The zero-order valence-corrected chi connectivity index (χ0v) is 27.2. The molecule has 3 heterocycles. The van der Waals surface area contributed by atoms with Crippen LogP contribution < -0.4 is 19.7 Å². The number of benzene rings is 3. The van der Waals surface area contributed by atoms with Gasteiger partial charge in [-0.05, 0) is 102 Å². The van der Waals surface area contributed by atoms with Gasteiger partial charge in [-0.2, -0.15) is 0 Å². The highest BCUT2D eigenvalue weighted by Gasteiger charge is 2.42. The summed E-state index contributed by atoms with van der Waals surface area (Å²) in [6.45, 7) is 3.46. The fourth-order valence-corrected chi connectivity index (χ4v) is 9.13. The normalized spacial score (nSPS) is 20.6. The van der Waals surface area contributed by atoms with Crippen molar-refractivity contribution in [3.63, 3.8) is 0 Å². The standard InChI is InChI=1S/C35H33N3O6S2/c1-3-36-33(42)31(46-35(36)43)34-37(18-30(40)44-4-2)32(41)29(45-34)16-20-9-13-28-26(15-20)25-6-5-7-27(25)38(28)24-12-11-22-14-21(19-39)8-10-23(22)17-24/h8-17,25,27,39H,3-7,18-19H2,1-2H3. The average Bonchev–Trinajstić information content (AvgIpc) is 3.79. The molecule has 1 aliphatic carbocycles. The SMILES string of the molecule is CCOC(=O)Cn1c(=C2SC(=O)N(CC)C2=O)sc(=Cc2ccc3c(c2)C2CCCC2N3c2ccc3cc(CO)ccc3c2)c1=O. The third kappa shape index (κ3) is 5.16. The number of anilines is 2. The average molecular weight is 656 g/mol. The fourth-order valence-electron chi connectivity index (χ4n) is 6.95. The molecule has 1 saturated carbocycles. The van der Waals surface area contributed by atoms with Crippen molar-refractivity contribution < 1.29 is 24.2 Å². The molecule has 46 heavy (non-hydrogen) atoms. The number of thiazole rings is 1. The highest BCUT2D eigenvalue weighted by atomic mass is 32.2. The van der Waals surface area contributed by atoms with Gasteiger partial charge in [0.25, 0.3) is 16.7 Å². The number of aromatic nitrogens is 1.